The van der Waals surface area contributed by atoms with Crippen LogP contribution in [0.25, 0.3) is 16.8 Å². The number of amides is 1. The molecule has 3 aromatic rings. The van der Waals surface area contributed by atoms with E-state index in [2.05, 4.69) is 25.2 Å². The summed E-state index contributed by atoms with van der Waals surface area (Å²) in [6.07, 6.45) is 2.10. The van der Waals surface area contributed by atoms with Gasteiger partial charge in [0.25, 0.3) is 5.91 Å². The Balaban J connectivity index is 1.81. The van der Waals surface area contributed by atoms with Crippen molar-refractivity contribution in [1.29, 1.82) is 0 Å². The number of anilines is 2. The zero-order valence-electron chi connectivity index (χ0n) is 15.7. The lowest BCUT2D eigenvalue weighted by molar-refractivity contribution is 0.101. The van der Waals surface area contributed by atoms with Crippen LogP contribution in [-0.4, -0.2) is 16.6 Å². The summed E-state index contributed by atoms with van der Waals surface area (Å²) in [5, 5.41) is 13.9. The average Bonchev–Trinajstić information content (AvgIpc) is 2.96. The SMILES string of the molecule is CC1(C)C=C2c3c(ccc(-c4ccccc4O)c3C(=O)N2c2ccccc2)N1. The van der Waals surface area contributed by atoms with E-state index in [-0.39, 0.29) is 17.2 Å². The van der Waals surface area contributed by atoms with Gasteiger partial charge >= 0.3 is 0 Å². The van der Waals surface area contributed by atoms with E-state index in [0.717, 1.165) is 28.2 Å². The van der Waals surface area contributed by atoms with Crippen molar-refractivity contribution in [2.75, 3.05) is 10.2 Å². The predicted octanol–water partition coefficient (Wildman–Crippen LogP) is 5.26. The molecule has 0 bridgehead atoms. The summed E-state index contributed by atoms with van der Waals surface area (Å²) < 4.78 is 0. The Morgan fingerprint density at radius 3 is 2.32 bits per heavy atom. The summed E-state index contributed by atoms with van der Waals surface area (Å²) >= 11 is 0. The van der Waals surface area contributed by atoms with Gasteiger partial charge in [0.2, 0.25) is 0 Å². The Bertz CT molecular complexity index is 1150. The third-order valence-electron chi connectivity index (χ3n) is 5.28. The molecule has 3 aromatic carbocycles. The van der Waals surface area contributed by atoms with Gasteiger partial charge in [0, 0.05) is 22.5 Å². The molecule has 0 atom stereocenters. The maximum Gasteiger partial charge on any atom is 0.264 e. The van der Waals surface area contributed by atoms with Gasteiger partial charge in [-0.15, -0.1) is 0 Å². The van der Waals surface area contributed by atoms with Gasteiger partial charge in [0.05, 0.1) is 16.8 Å². The van der Waals surface area contributed by atoms with Crippen LogP contribution in [0.2, 0.25) is 0 Å². The van der Waals surface area contributed by atoms with Gasteiger partial charge in [-0.25, -0.2) is 0 Å². The third-order valence-corrected chi connectivity index (χ3v) is 5.28. The number of phenolic OH excluding ortho intramolecular Hbond substituents is 1. The first-order valence-electron chi connectivity index (χ1n) is 9.32. The fourth-order valence-corrected chi connectivity index (χ4v) is 4.15. The van der Waals surface area contributed by atoms with Gasteiger partial charge in [0.15, 0.2) is 0 Å². The van der Waals surface area contributed by atoms with E-state index < -0.39 is 0 Å². The third kappa shape index (κ3) is 2.34. The van der Waals surface area contributed by atoms with Crippen LogP contribution >= 0.6 is 0 Å². The lowest BCUT2D eigenvalue weighted by atomic mass is 9.89. The number of nitrogens with zero attached hydrogens (tertiary/aromatic N) is 1. The van der Waals surface area contributed by atoms with Crippen molar-refractivity contribution in [3.05, 3.63) is 83.9 Å². The van der Waals surface area contributed by atoms with Crippen molar-refractivity contribution < 1.29 is 9.90 Å². The number of carbonyl (C=O) groups excluding carboxylic acids is 1. The number of aromatic hydroxyl groups is 1. The highest BCUT2D eigenvalue weighted by Gasteiger charge is 2.41. The first-order valence-corrected chi connectivity index (χ1v) is 9.32. The second kappa shape index (κ2) is 5.73. The standard InChI is InChI=1S/C24H20N2O2/c1-24(2)14-19-22-18(25-24)13-12-17(16-10-6-7-11-20(16)27)21(22)23(28)26(19)15-8-4-3-5-9-15/h3-14,25,27H,1-2H3. The molecule has 28 heavy (non-hydrogen) atoms. The molecule has 4 heteroatoms. The summed E-state index contributed by atoms with van der Waals surface area (Å²) in [4.78, 5) is 15.4. The molecule has 2 aliphatic rings. The first kappa shape index (κ1) is 16.6. The highest BCUT2D eigenvalue weighted by molar-refractivity contribution is 6.27. The monoisotopic (exact) mass is 368 g/mol. The van der Waals surface area contributed by atoms with E-state index in [1.165, 1.54) is 0 Å². The molecule has 1 amide bonds. The number of carbonyl (C=O) groups is 1. The highest BCUT2D eigenvalue weighted by atomic mass is 16.3. The van der Waals surface area contributed by atoms with Crippen molar-refractivity contribution in [3.8, 4) is 16.9 Å². The van der Waals surface area contributed by atoms with Crippen LogP contribution in [0.15, 0.2) is 72.8 Å². The van der Waals surface area contributed by atoms with E-state index in [9.17, 15) is 9.90 Å². The zero-order chi connectivity index (χ0) is 19.5. The molecule has 5 rings (SSSR count). The van der Waals surface area contributed by atoms with Crippen molar-refractivity contribution >= 4 is 23.0 Å². The second-order valence-corrected chi connectivity index (χ2v) is 7.78. The molecular weight excluding hydrogens is 348 g/mol. The minimum absolute atomic E-state index is 0.0768. The maximum atomic E-state index is 13.6. The van der Waals surface area contributed by atoms with Crippen LogP contribution in [0.5, 0.6) is 5.75 Å². The van der Waals surface area contributed by atoms with Crippen LogP contribution in [0.3, 0.4) is 0 Å². The summed E-state index contributed by atoms with van der Waals surface area (Å²) in [6, 6.07) is 20.8. The lowest BCUT2D eigenvalue weighted by Crippen LogP contribution is -2.33. The fourth-order valence-electron chi connectivity index (χ4n) is 4.15. The maximum absolute atomic E-state index is 13.6. The molecule has 0 fully saturated rings. The normalized spacial score (nSPS) is 16.4. The van der Waals surface area contributed by atoms with Crippen LogP contribution in [0.4, 0.5) is 11.4 Å². The van der Waals surface area contributed by atoms with Gasteiger partial charge in [-0.05, 0) is 49.8 Å². The second-order valence-electron chi connectivity index (χ2n) is 7.78. The summed E-state index contributed by atoms with van der Waals surface area (Å²) in [7, 11) is 0. The topological polar surface area (TPSA) is 52.6 Å². The predicted molar refractivity (Wildman–Crippen MR) is 112 cm³/mol. The molecule has 0 aromatic heterocycles. The average molecular weight is 368 g/mol. The summed E-state index contributed by atoms with van der Waals surface area (Å²) in [5.74, 6) is 0.0892. The molecule has 0 saturated carbocycles. The molecule has 0 radical (unpaired) electrons. The minimum Gasteiger partial charge on any atom is -0.507 e. The van der Waals surface area contributed by atoms with Crippen molar-refractivity contribution in [2.24, 2.45) is 0 Å². The number of nitrogens with one attached hydrogen (secondary N) is 1. The van der Waals surface area contributed by atoms with Crippen LogP contribution in [-0.2, 0) is 0 Å². The van der Waals surface area contributed by atoms with Crippen LogP contribution in [0.1, 0.15) is 29.8 Å². The first-order chi connectivity index (χ1) is 13.5. The fraction of sp³-hybridized carbons (Fsp3) is 0.125. The van der Waals surface area contributed by atoms with Gasteiger partial charge in [-0.1, -0.05) is 42.5 Å². The molecule has 2 heterocycles. The quantitative estimate of drug-likeness (QED) is 0.648. The molecule has 4 nitrogen and oxygen atoms in total. The number of phenols is 1. The molecule has 0 spiro atoms. The Hall–Kier alpha value is -3.53. The lowest BCUT2D eigenvalue weighted by Gasteiger charge is -2.32. The van der Waals surface area contributed by atoms with E-state index in [0.29, 0.717) is 11.1 Å². The van der Waals surface area contributed by atoms with E-state index in [1.807, 2.05) is 54.6 Å². The summed E-state index contributed by atoms with van der Waals surface area (Å²) in [5.41, 5.74) is 5.30. The van der Waals surface area contributed by atoms with E-state index >= 15 is 0 Å². The Kier molecular flexibility index (Phi) is 3.40. The Labute approximate surface area is 163 Å². The highest BCUT2D eigenvalue weighted by Crippen LogP contribution is 2.49. The molecular formula is C24H20N2O2. The summed E-state index contributed by atoms with van der Waals surface area (Å²) in [6.45, 7) is 4.18. The van der Waals surface area contributed by atoms with E-state index in [1.54, 1.807) is 17.0 Å². The van der Waals surface area contributed by atoms with E-state index in [4.69, 9.17) is 0 Å². The minimum atomic E-state index is -0.284. The van der Waals surface area contributed by atoms with Crippen molar-refractivity contribution in [2.45, 2.75) is 19.4 Å². The van der Waals surface area contributed by atoms with Crippen molar-refractivity contribution in [3.63, 3.8) is 0 Å². The molecule has 2 N–H and O–H groups in total. The zero-order valence-corrected chi connectivity index (χ0v) is 15.7. The number of benzene rings is 3. The van der Waals surface area contributed by atoms with Gasteiger partial charge in [0.1, 0.15) is 5.75 Å². The smallest absolute Gasteiger partial charge is 0.264 e. The number of rotatable bonds is 2. The molecule has 0 unspecified atom stereocenters. The Morgan fingerprint density at radius 2 is 1.57 bits per heavy atom. The molecule has 0 aliphatic carbocycles. The molecule has 2 aliphatic heterocycles. The number of para-hydroxylation sites is 2. The largest absolute Gasteiger partial charge is 0.507 e. The van der Waals surface area contributed by atoms with Crippen LogP contribution < -0.4 is 10.2 Å². The van der Waals surface area contributed by atoms with Gasteiger partial charge in [-0.2, -0.15) is 0 Å². The van der Waals surface area contributed by atoms with Crippen LogP contribution in [0, 0.1) is 0 Å². The number of hydrogen-bond donors (Lipinski definition) is 2. The van der Waals surface area contributed by atoms with Gasteiger partial charge < -0.3 is 10.4 Å². The van der Waals surface area contributed by atoms with Crippen molar-refractivity contribution in [1.82, 2.24) is 0 Å². The van der Waals surface area contributed by atoms with Gasteiger partial charge in [-0.3, -0.25) is 9.69 Å². The molecule has 0 saturated heterocycles. The Morgan fingerprint density at radius 1 is 0.857 bits per heavy atom. The molecule has 138 valence electrons. The number of hydrogen-bond acceptors (Lipinski definition) is 3.